The molecule has 0 bridgehead atoms. The van der Waals surface area contributed by atoms with Gasteiger partial charge in [-0.2, -0.15) is 5.10 Å². The van der Waals surface area contributed by atoms with Crippen LogP contribution in [0.3, 0.4) is 0 Å². The Morgan fingerprint density at radius 3 is 2.75 bits per heavy atom. The Kier molecular flexibility index (Phi) is 4.92. The number of nitrogens with one attached hydrogen (secondary N) is 1. The number of nitrogens with zero attached hydrogens (tertiary/aromatic N) is 5. The molecule has 5 rings (SSSR count). The highest BCUT2D eigenvalue weighted by atomic mass is 19.1. The molecule has 1 aliphatic rings. The van der Waals surface area contributed by atoms with E-state index in [1.165, 1.54) is 6.07 Å². The number of fused-ring (bicyclic) bond motifs is 2. The minimum atomic E-state index is -0.235. The van der Waals surface area contributed by atoms with Crippen molar-refractivity contribution in [1.29, 1.82) is 0 Å². The minimum Gasteiger partial charge on any atom is -0.493 e. The molecule has 3 aromatic heterocycles. The molecule has 8 heteroatoms. The lowest BCUT2D eigenvalue weighted by Gasteiger charge is -2.16. The molecular weight excluding hydrogens is 407 g/mol. The van der Waals surface area contributed by atoms with Crippen molar-refractivity contribution in [3.05, 3.63) is 59.3 Å². The third-order valence-corrected chi connectivity index (χ3v) is 5.87. The van der Waals surface area contributed by atoms with Gasteiger partial charge in [0.1, 0.15) is 23.2 Å². The van der Waals surface area contributed by atoms with Crippen molar-refractivity contribution in [2.24, 2.45) is 7.05 Å². The summed E-state index contributed by atoms with van der Waals surface area (Å²) in [6.07, 6.45) is 4.38. The topological polar surface area (TPSA) is 68.1 Å². The third-order valence-electron chi connectivity index (χ3n) is 5.87. The van der Waals surface area contributed by atoms with Crippen LogP contribution in [-0.2, 0) is 20.0 Å². The largest absolute Gasteiger partial charge is 0.493 e. The molecule has 4 heterocycles. The SMILES string of the molecule is Cc1cc(-c2cnc(NCc3c(F)ccc4c3CCO4)c3cnc(N(C)C)cc23)n(C)n1. The standard InChI is InChI=1S/C24H25FN6O/c1-14-9-21(31(4)29-14)18-12-28-24(19-13-26-23(30(2)3)10-16(18)19)27-11-17-15-7-8-32-22(15)6-5-20(17)25/h5-6,9-10,12-13H,7-8,11H2,1-4H3,(H,27,28). The van der Waals surface area contributed by atoms with Crippen molar-refractivity contribution in [3.8, 4) is 17.0 Å². The first-order chi connectivity index (χ1) is 15.4. The molecule has 0 spiro atoms. The van der Waals surface area contributed by atoms with Gasteiger partial charge in [-0.3, -0.25) is 4.68 Å². The van der Waals surface area contributed by atoms with Gasteiger partial charge in [0.25, 0.3) is 0 Å². The summed E-state index contributed by atoms with van der Waals surface area (Å²) in [5, 5.41) is 9.70. The number of hydrogen-bond acceptors (Lipinski definition) is 6. The van der Waals surface area contributed by atoms with Crippen molar-refractivity contribution in [2.75, 3.05) is 30.9 Å². The van der Waals surface area contributed by atoms with Crippen molar-refractivity contribution in [2.45, 2.75) is 19.9 Å². The molecule has 7 nitrogen and oxygen atoms in total. The second-order valence-corrected chi connectivity index (χ2v) is 8.25. The summed E-state index contributed by atoms with van der Waals surface area (Å²) < 4.78 is 22.0. The quantitative estimate of drug-likeness (QED) is 0.512. The fourth-order valence-electron chi connectivity index (χ4n) is 4.25. The van der Waals surface area contributed by atoms with Crippen LogP contribution in [0, 0.1) is 12.7 Å². The fraction of sp³-hybridized carbons (Fsp3) is 0.292. The molecule has 32 heavy (non-hydrogen) atoms. The van der Waals surface area contributed by atoms with Crippen molar-refractivity contribution < 1.29 is 9.13 Å². The van der Waals surface area contributed by atoms with E-state index >= 15 is 0 Å². The summed E-state index contributed by atoms with van der Waals surface area (Å²) in [6, 6.07) is 7.26. The van der Waals surface area contributed by atoms with Gasteiger partial charge in [0, 0.05) is 74.0 Å². The van der Waals surface area contributed by atoms with E-state index in [4.69, 9.17) is 4.74 Å². The Labute approximate surface area is 185 Å². The van der Waals surface area contributed by atoms with E-state index in [1.54, 1.807) is 6.07 Å². The van der Waals surface area contributed by atoms with Crippen LogP contribution in [0.15, 0.2) is 36.7 Å². The Bertz CT molecular complexity index is 1330. The predicted molar refractivity (Wildman–Crippen MR) is 124 cm³/mol. The van der Waals surface area contributed by atoms with Gasteiger partial charge >= 0.3 is 0 Å². The van der Waals surface area contributed by atoms with E-state index in [2.05, 4.69) is 26.4 Å². The average Bonchev–Trinajstić information content (AvgIpc) is 3.38. The van der Waals surface area contributed by atoms with E-state index in [0.29, 0.717) is 31.0 Å². The number of halogens is 1. The summed E-state index contributed by atoms with van der Waals surface area (Å²) in [6.45, 7) is 2.88. The van der Waals surface area contributed by atoms with E-state index in [9.17, 15) is 4.39 Å². The van der Waals surface area contributed by atoms with E-state index in [1.807, 2.05) is 56.1 Å². The minimum absolute atomic E-state index is 0.235. The van der Waals surface area contributed by atoms with Crippen LogP contribution in [0.4, 0.5) is 16.0 Å². The molecule has 164 valence electrons. The summed E-state index contributed by atoms with van der Waals surface area (Å²) in [4.78, 5) is 11.2. The maximum Gasteiger partial charge on any atom is 0.135 e. The number of pyridine rings is 2. The highest BCUT2D eigenvalue weighted by Gasteiger charge is 2.20. The van der Waals surface area contributed by atoms with Crippen LogP contribution in [0.25, 0.3) is 22.0 Å². The molecule has 0 aliphatic carbocycles. The lowest BCUT2D eigenvalue weighted by atomic mass is 10.0. The van der Waals surface area contributed by atoms with Crippen LogP contribution in [0.1, 0.15) is 16.8 Å². The molecule has 0 saturated carbocycles. The zero-order chi connectivity index (χ0) is 22.4. The first-order valence-electron chi connectivity index (χ1n) is 10.6. The zero-order valence-electron chi connectivity index (χ0n) is 18.6. The van der Waals surface area contributed by atoms with Crippen molar-refractivity contribution in [3.63, 3.8) is 0 Å². The van der Waals surface area contributed by atoms with Crippen LogP contribution in [-0.4, -0.2) is 40.5 Å². The van der Waals surface area contributed by atoms with Gasteiger partial charge in [0.2, 0.25) is 0 Å². The van der Waals surface area contributed by atoms with E-state index < -0.39 is 0 Å². The molecule has 0 amide bonds. The summed E-state index contributed by atoms with van der Waals surface area (Å²) in [5.41, 5.74) is 4.44. The van der Waals surface area contributed by atoms with Gasteiger partial charge in [0.05, 0.1) is 18.0 Å². The molecule has 4 aromatic rings. The molecule has 1 N–H and O–H groups in total. The molecule has 0 fully saturated rings. The Balaban J connectivity index is 1.59. The monoisotopic (exact) mass is 432 g/mol. The Morgan fingerprint density at radius 1 is 1.16 bits per heavy atom. The number of rotatable bonds is 5. The molecule has 1 aromatic carbocycles. The summed E-state index contributed by atoms with van der Waals surface area (Å²) in [5.74, 6) is 2.04. The zero-order valence-corrected chi connectivity index (χ0v) is 18.6. The van der Waals surface area contributed by atoms with E-state index in [-0.39, 0.29) is 5.82 Å². The second kappa shape index (κ2) is 7.78. The third kappa shape index (κ3) is 3.41. The van der Waals surface area contributed by atoms with E-state index in [0.717, 1.165) is 44.9 Å². The predicted octanol–water partition coefficient (Wildman–Crippen LogP) is 4.09. The van der Waals surface area contributed by atoms with Crippen molar-refractivity contribution in [1.82, 2.24) is 19.7 Å². The first-order valence-corrected chi connectivity index (χ1v) is 10.6. The second-order valence-electron chi connectivity index (χ2n) is 8.25. The molecular formula is C24H25FN6O. The molecule has 0 atom stereocenters. The highest BCUT2D eigenvalue weighted by molar-refractivity contribution is 6.02. The van der Waals surface area contributed by atoms with Crippen molar-refractivity contribution >= 4 is 22.4 Å². The van der Waals surface area contributed by atoms with Gasteiger partial charge in [0.15, 0.2) is 0 Å². The Morgan fingerprint density at radius 2 is 2.00 bits per heavy atom. The summed E-state index contributed by atoms with van der Waals surface area (Å²) in [7, 11) is 5.85. The molecule has 0 unspecified atom stereocenters. The lowest BCUT2D eigenvalue weighted by Crippen LogP contribution is -2.11. The lowest BCUT2D eigenvalue weighted by molar-refractivity contribution is 0.356. The van der Waals surface area contributed by atoms with Gasteiger partial charge in [-0.05, 0) is 31.2 Å². The van der Waals surface area contributed by atoms with Crippen LogP contribution >= 0.6 is 0 Å². The molecule has 1 aliphatic heterocycles. The number of aryl methyl sites for hydroxylation is 2. The number of hydrogen-bond donors (Lipinski definition) is 1. The fourth-order valence-corrected chi connectivity index (χ4v) is 4.25. The van der Waals surface area contributed by atoms with Gasteiger partial charge in [-0.15, -0.1) is 0 Å². The normalized spacial score (nSPS) is 12.7. The summed E-state index contributed by atoms with van der Waals surface area (Å²) >= 11 is 0. The number of ether oxygens (including phenoxy) is 1. The number of benzene rings is 1. The molecule has 0 radical (unpaired) electrons. The first kappa shape index (κ1) is 20.2. The maximum atomic E-state index is 14.6. The Hall–Kier alpha value is -3.68. The maximum absolute atomic E-state index is 14.6. The highest BCUT2D eigenvalue weighted by Crippen LogP contribution is 2.35. The molecule has 0 saturated heterocycles. The van der Waals surface area contributed by atoms with Crippen LogP contribution in [0.2, 0.25) is 0 Å². The average molecular weight is 433 g/mol. The number of anilines is 2. The van der Waals surface area contributed by atoms with Gasteiger partial charge in [-0.25, -0.2) is 14.4 Å². The van der Waals surface area contributed by atoms with Gasteiger partial charge in [-0.1, -0.05) is 0 Å². The number of aromatic nitrogens is 4. The van der Waals surface area contributed by atoms with Crippen LogP contribution in [0.5, 0.6) is 5.75 Å². The smallest absolute Gasteiger partial charge is 0.135 e. The van der Waals surface area contributed by atoms with Gasteiger partial charge < -0.3 is 15.0 Å². The van der Waals surface area contributed by atoms with Crippen LogP contribution < -0.4 is 15.0 Å².